The van der Waals surface area contributed by atoms with E-state index in [1.165, 1.54) is 11.3 Å². The zero-order valence-corrected chi connectivity index (χ0v) is 15.3. The maximum Gasteiger partial charge on any atom is 0.181 e. The molecule has 0 saturated carbocycles. The van der Waals surface area contributed by atoms with E-state index in [-0.39, 0.29) is 11.8 Å². The van der Waals surface area contributed by atoms with Crippen molar-refractivity contribution in [1.29, 1.82) is 0 Å². The number of nitrogens with zero attached hydrogens (tertiary/aromatic N) is 2. The Labute approximate surface area is 149 Å². The van der Waals surface area contributed by atoms with Crippen LogP contribution in [0.2, 0.25) is 0 Å². The standard InChI is InChI=1S/C21H25N3O/c1-15(21(25)19-13-22-20-8-6-5-7-18(19)20)24(4)14-16-9-11-17(12-10-16)23(2)3/h5-13,15,22H,14H2,1-4H3/t15-/m0/s1. The van der Waals surface area contributed by atoms with Crippen molar-refractivity contribution in [3.05, 3.63) is 65.9 Å². The van der Waals surface area contributed by atoms with Crippen LogP contribution in [0, 0.1) is 0 Å². The van der Waals surface area contributed by atoms with Crippen LogP contribution in [-0.2, 0) is 6.54 Å². The lowest BCUT2D eigenvalue weighted by Gasteiger charge is -2.24. The van der Waals surface area contributed by atoms with Gasteiger partial charge in [0.15, 0.2) is 5.78 Å². The maximum absolute atomic E-state index is 12.9. The third-order valence-corrected chi connectivity index (χ3v) is 4.78. The first-order chi connectivity index (χ1) is 12.0. The van der Waals surface area contributed by atoms with Crippen molar-refractivity contribution < 1.29 is 4.79 Å². The zero-order valence-electron chi connectivity index (χ0n) is 15.3. The second-order valence-corrected chi connectivity index (χ2v) is 6.76. The number of aromatic nitrogens is 1. The molecule has 4 heteroatoms. The number of carbonyl (C=O) groups excluding carboxylic acids is 1. The van der Waals surface area contributed by atoms with Crippen LogP contribution in [0.1, 0.15) is 22.8 Å². The Hall–Kier alpha value is -2.59. The quantitative estimate of drug-likeness (QED) is 0.694. The van der Waals surface area contributed by atoms with Gasteiger partial charge in [-0.2, -0.15) is 0 Å². The number of rotatable bonds is 6. The highest BCUT2D eigenvalue weighted by Gasteiger charge is 2.22. The fourth-order valence-corrected chi connectivity index (χ4v) is 3.03. The number of benzene rings is 2. The van der Waals surface area contributed by atoms with Crippen LogP contribution in [0.3, 0.4) is 0 Å². The van der Waals surface area contributed by atoms with Crippen LogP contribution in [0.15, 0.2) is 54.7 Å². The van der Waals surface area contributed by atoms with Gasteiger partial charge < -0.3 is 9.88 Å². The Bertz CT molecular complexity index is 864. The number of aromatic amines is 1. The fraction of sp³-hybridized carbons (Fsp3) is 0.286. The van der Waals surface area contributed by atoms with Gasteiger partial charge in [0.25, 0.3) is 0 Å². The second kappa shape index (κ2) is 7.11. The van der Waals surface area contributed by atoms with E-state index in [0.717, 1.165) is 23.0 Å². The summed E-state index contributed by atoms with van der Waals surface area (Å²) >= 11 is 0. The van der Waals surface area contributed by atoms with E-state index >= 15 is 0 Å². The van der Waals surface area contributed by atoms with Gasteiger partial charge in [0, 0.05) is 49.0 Å². The van der Waals surface area contributed by atoms with Crippen LogP contribution in [0.5, 0.6) is 0 Å². The number of Topliss-reactive ketones (excluding diaryl/α,β-unsaturated/α-hetero) is 1. The minimum Gasteiger partial charge on any atom is -0.378 e. The van der Waals surface area contributed by atoms with Crippen LogP contribution in [-0.4, -0.2) is 42.9 Å². The molecule has 1 N–H and O–H groups in total. The smallest absolute Gasteiger partial charge is 0.181 e. The first-order valence-corrected chi connectivity index (χ1v) is 8.54. The van der Waals surface area contributed by atoms with Crippen molar-refractivity contribution in [2.75, 3.05) is 26.0 Å². The van der Waals surface area contributed by atoms with Crippen molar-refractivity contribution in [3.63, 3.8) is 0 Å². The molecular weight excluding hydrogens is 310 g/mol. The van der Waals surface area contributed by atoms with E-state index in [2.05, 4.69) is 39.0 Å². The Kier molecular flexibility index (Phi) is 4.91. The van der Waals surface area contributed by atoms with Crippen molar-refractivity contribution in [3.8, 4) is 0 Å². The summed E-state index contributed by atoms with van der Waals surface area (Å²) in [7, 11) is 6.06. The normalized spacial score (nSPS) is 12.5. The molecule has 1 heterocycles. The molecular formula is C21H25N3O. The highest BCUT2D eigenvalue weighted by Crippen LogP contribution is 2.21. The van der Waals surface area contributed by atoms with Gasteiger partial charge in [-0.3, -0.25) is 9.69 Å². The number of hydrogen-bond donors (Lipinski definition) is 1. The van der Waals surface area contributed by atoms with Gasteiger partial charge in [0.2, 0.25) is 0 Å². The molecule has 3 rings (SSSR count). The molecule has 0 aliphatic heterocycles. The van der Waals surface area contributed by atoms with Crippen molar-refractivity contribution in [2.24, 2.45) is 0 Å². The van der Waals surface area contributed by atoms with Crippen LogP contribution in [0.25, 0.3) is 10.9 Å². The Morgan fingerprint density at radius 1 is 1.04 bits per heavy atom. The van der Waals surface area contributed by atoms with E-state index in [1.54, 1.807) is 0 Å². The van der Waals surface area contributed by atoms with E-state index in [9.17, 15) is 4.79 Å². The first-order valence-electron chi connectivity index (χ1n) is 8.54. The average Bonchev–Trinajstić information content (AvgIpc) is 3.05. The molecule has 0 unspecified atom stereocenters. The van der Waals surface area contributed by atoms with E-state index in [0.29, 0.717) is 0 Å². The molecule has 0 bridgehead atoms. The number of anilines is 1. The van der Waals surface area contributed by atoms with Gasteiger partial charge in [0.05, 0.1) is 6.04 Å². The summed E-state index contributed by atoms with van der Waals surface area (Å²) in [6.45, 7) is 2.71. The summed E-state index contributed by atoms with van der Waals surface area (Å²) in [6.07, 6.45) is 1.82. The first kappa shape index (κ1) is 17.2. The molecule has 130 valence electrons. The molecule has 4 nitrogen and oxygen atoms in total. The molecule has 2 aromatic carbocycles. The molecule has 0 spiro atoms. The SMILES string of the molecule is C[C@@H](C(=O)c1c[nH]c2ccccc12)N(C)Cc1ccc(N(C)C)cc1. The van der Waals surface area contributed by atoms with E-state index in [1.807, 2.05) is 58.5 Å². The highest BCUT2D eigenvalue weighted by molar-refractivity contribution is 6.10. The highest BCUT2D eigenvalue weighted by atomic mass is 16.1. The van der Waals surface area contributed by atoms with E-state index < -0.39 is 0 Å². The number of ketones is 1. The lowest BCUT2D eigenvalue weighted by Crippen LogP contribution is -2.35. The number of fused-ring (bicyclic) bond motifs is 1. The summed E-state index contributed by atoms with van der Waals surface area (Å²) in [5, 5.41) is 0.989. The molecule has 0 saturated heterocycles. The average molecular weight is 335 g/mol. The van der Waals surface area contributed by atoms with Gasteiger partial charge in [0.1, 0.15) is 0 Å². The molecule has 0 aliphatic carbocycles. The number of H-pyrrole nitrogens is 1. The molecule has 0 fully saturated rings. The fourth-order valence-electron chi connectivity index (χ4n) is 3.03. The van der Waals surface area contributed by atoms with Gasteiger partial charge >= 0.3 is 0 Å². The molecule has 1 atom stereocenters. The van der Waals surface area contributed by atoms with Crippen molar-refractivity contribution in [2.45, 2.75) is 19.5 Å². The summed E-state index contributed by atoms with van der Waals surface area (Å²) in [5.74, 6) is 0.143. The third kappa shape index (κ3) is 3.59. The summed E-state index contributed by atoms with van der Waals surface area (Å²) in [4.78, 5) is 20.3. The number of hydrogen-bond acceptors (Lipinski definition) is 3. The Balaban J connectivity index is 1.73. The number of likely N-dealkylation sites (N-methyl/N-ethyl adjacent to an activating group) is 1. The summed E-state index contributed by atoms with van der Waals surface area (Å²) in [6, 6.07) is 16.2. The molecule has 0 amide bonds. The van der Waals surface area contributed by atoms with Gasteiger partial charge in [-0.1, -0.05) is 30.3 Å². The van der Waals surface area contributed by atoms with Crippen LogP contribution in [0.4, 0.5) is 5.69 Å². The van der Waals surface area contributed by atoms with Gasteiger partial charge in [-0.05, 0) is 37.7 Å². The molecule has 0 radical (unpaired) electrons. The van der Waals surface area contributed by atoms with Gasteiger partial charge in [-0.15, -0.1) is 0 Å². The number of nitrogens with one attached hydrogen (secondary N) is 1. The monoisotopic (exact) mass is 335 g/mol. The minimum atomic E-state index is -0.187. The van der Waals surface area contributed by atoms with Crippen molar-refractivity contribution >= 4 is 22.4 Å². The predicted octanol–water partition coefficient (Wildman–Crippen LogP) is 3.94. The molecule has 1 aromatic heterocycles. The number of para-hydroxylation sites is 1. The Morgan fingerprint density at radius 3 is 2.40 bits per heavy atom. The van der Waals surface area contributed by atoms with Crippen LogP contribution >= 0.6 is 0 Å². The van der Waals surface area contributed by atoms with Crippen LogP contribution < -0.4 is 4.90 Å². The predicted molar refractivity (Wildman–Crippen MR) is 104 cm³/mol. The molecule has 25 heavy (non-hydrogen) atoms. The van der Waals surface area contributed by atoms with Gasteiger partial charge in [-0.25, -0.2) is 0 Å². The Morgan fingerprint density at radius 2 is 1.72 bits per heavy atom. The minimum absolute atomic E-state index is 0.143. The third-order valence-electron chi connectivity index (χ3n) is 4.78. The van der Waals surface area contributed by atoms with E-state index in [4.69, 9.17) is 0 Å². The number of carbonyl (C=O) groups is 1. The maximum atomic E-state index is 12.9. The summed E-state index contributed by atoms with van der Waals surface area (Å²) < 4.78 is 0. The largest absolute Gasteiger partial charge is 0.378 e. The zero-order chi connectivity index (χ0) is 18.0. The molecule has 0 aliphatic rings. The lowest BCUT2D eigenvalue weighted by atomic mass is 10.0. The topological polar surface area (TPSA) is 39.3 Å². The van der Waals surface area contributed by atoms with Crippen molar-refractivity contribution in [1.82, 2.24) is 9.88 Å². The second-order valence-electron chi connectivity index (χ2n) is 6.76. The lowest BCUT2D eigenvalue weighted by molar-refractivity contribution is 0.0864. The summed E-state index contributed by atoms with van der Waals surface area (Å²) in [5.41, 5.74) is 4.14. The molecule has 3 aromatic rings.